The molecule has 3 aromatic rings. The normalized spacial score (nSPS) is 11.8. The molecule has 0 unspecified atom stereocenters. The van der Waals surface area contributed by atoms with Gasteiger partial charge in [0.25, 0.3) is 5.91 Å². The van der Waals surface area contributed by atoms with Gasteiger partial charge in [-0.15, -0.1) is 0 Å². The van der Waals surface area contributed by atoms with Crippen molar-refractivity contribution < 1.29 is 35.3 Å². The summed E-state index contributed by atoms with van der Waals surface area (Å²) in [5.74, 6) is -0.229. The molecule has 0 heterocycles. The molecule has 3 rings (SSSR count). The van der Waals surface area contributed by atoms with Gasteiger partial charge >= 0.3 is 16.3 Å². The topological polar surface area (TPSA) is 72.9 Å². The Kier molecular flexibility index (Phi) is 11.2. The second-order valence-electron chi connectivity index (χ2n) is 9.43. The minimum atomic E-state index is -4.68. The number of alkyl halides is 3. The Labute approximate surface area is 233 Å². The highest BCUT2D eigenvalue weighted by molar-refractivity contribution is 7.87. The number of amides is 1. The van der Waals surface area contributed by atoms with Crippen LogP contribution in [0.1, 0.15) is 59.7 Å². The minimum Gasteiger partial charge on any atom is -0.383 e. The van der Waals surface area contributed by atoms with Crippen molar-refractivity contribution in [2.24, 2.45) is 0 Å². The van der Waals surface area contributed by atoms with E-state index in [0.29, 0.717) is 30.3 Å². The lowest BCUT2D eigenvalue weighted by atomic mass is 10.0. The third-order valence-corrected chi connectivity index (χ3v) is 7.57. The van der Waals surface area contributed by atoms with Gasteiger partial charge in [-0.25, -0.2) is 0 Å². The third kappa shape index (κ3) is 9.09. The number of halogens is 3. The number of unbranched alkanes of at least 4 members (excludes halogenated alkanes) is 3. The van der Waals surface area contributed by atoms with Crippen LogP contribution in [0.3, 0.4) is 0 Å². The van der Waals surface area contributed by atoms with Crippen LogP contribution in [0.15, 0.2) is 77.7 Å². The molecule has 3 aromatic carbocycles. The van der Waals surface area contributed by atoms with Crippen LogP contribution < -0.4 is 4.18 Å². The Morgan fingerprint density at radius 2 is 1.57 bits per heavy atom. The molecule has 0 spiro atoms. The van der Waals surface area contributed by atoms with Gasteiger partial charge in [-0.3, -0.25) is 4.79 Å². The van der Waals surface area contributed by atoms with Gasteiger partial charge in [0.2, 0.25) is 0 Å². The standard InChI is InChI=1S/C30H34F3NO5S/c1-3-4-5-6-8-23-11-15-25(16-12-23)29(35)34(19-20-38-2)22-24-13-17-27(18-14-24)39-40(36,37)28-10-7-9-26(21-28)30(31,32)33/h7,9-18,21H,3-6,8,19-20,22H2,1-2H3. The van der Waals surface area contributed by atoms with E-state index in [2.05, 4.69) is 6.92 Å². The van der Waals surface area contributed by atoms with Crippen molar-refractivity contribution >= 4 is 16.0 Å². The van der Waals surface area contributed by atoms with Crippen LogP contribution in [0, 0.1) is 0 Å². The number of methoxy groups -OCH3 is 1. The molecule has 0 bridgehead atoms. The van der Waals surface area contributed by atoms with Gasteiger partial charge in [0.05, 0.1) is 12.2 Å². The predicted octanol–water partition coefficient (Wildman–Crippen LogP) is 6.88. The molecule has 0 atom stereocenters. The number of aryl methyl sites for hydroxylation is 1. The number of hydrogen-bond donors (Lipinski definition) is 0. The third-order valence-electron chi connectivity index (χ3n) is 6.33. The fourth-order valence-corrected chi connectivity index (χ4v) is 5.06. The lowest BCUT2D eigenvalue weighted by Gasteiger charge is -2.23. The first kappa shape index (κ1) is 31.2. The lowest BCUT2D eigenvalue weighted by molar-refractivity contribution is -0.137. The maximum atomic E-state index is 13.3. The van der Waals surface area contributed by atoms with E-state index < -0.39 is 26.8 Å². The van der Waals surface area contributed by atoms with Gasteiger partial charge in [-0.05, 0) is 66.4 Å². The molecule has 0 N–H and O–H groups in total. The summed E-state index contributed by atoms with van der Waals surface area (Å²) in [4.78, 5) is 14.3. The SMILES string of the molecule is CCCCCCc1ccc(C(=O)N(CCOC)Cc2ccc(OS(=O)(=O)c3cccc(C(F)(F)F)c3)cc2)cc1. The zero-order valence-electron chi connectivity index (χ0n) is 22.6. The van der Waals surface area contributed by atoms with Gasteiger partial charge in [0.15, 0.2) is 0 Å². The van der Waals surface area contributed by atoms with Crippen LogP contribution in [0.2, 0.25) is 0 Å². The van der Waals surface area contributed by atoms with E-state index in [9.17, 15) is 26.4 Å². The smallest absolute Gasteiger partial charge is 0.383 e. The largest absolute Gasteiger partial charge is 0.416 e. The maximum Gasteiger partial charge on any atom is 0.416 e. The molecule has 6 nitrogen and oxygen atoms in total. The molecule has 0 aromatic heterocycles. The van der Waals surface area contributed by atoms with E-state index in [1.54, 1.807) is 24.1 Å². The monoisotopic (exact) mass is 577 g/mol. The lowest BCUT2D eigenvalue weighted by Crippen LogP contribution is -2.33. The fourth-order valence-electron chi connectivity index (χ4n) is 4.08. The Bertz CT molecular complexity index is 1340. The van der Waals surface area contributed by atoms with Gasteiger partial charge in [-0.2, -0.15) is 21.6 Å². The highest BCUT2D eigenvalue weighted by Gasteiger charge is 2.32. The van der Waals surface area contributed by atoms with E-state index in [4.69, 9.17) is 8.92 Å². The molecule has 0 aliphatic heterocycles. The molecular formula is C30H34F3NO5S. The second kappa shape index (κ2) is 14.3. The number of rotatable bonds is 14. The average molecular weight is 578 g/mol. The van der Waals surface area contributed by atoms with E-state index in [-0.39, 0.29) is 18.2 Å². The molecule has 40 heavy (non-hydrogen) atoms. The fraction of sp³-hybridized carbons (Fsp3) is 0.367. The molecular weight excluding hydrogens is 543 g/mol. The summed E-state index contributed by atoms with van der Waals surface area (Å²) in [5.41, 5.74) is 1.36. The molecule has 0 fully saturated rings. The quantitative estimate of drug-likeness (QED) is 0.154. The summed E-state index contributed by atoms with van der Waals surface area (Å²) in [7, 11) is -2.94. The summed E-state index contributed by atoms with van der Waals surface area (Å²) in [6.45, 7) is 3.09. The second-order valence-corrected chi connectivity index (χ2v) is 11.0. The molecule has 1 amide bonds. The van der Waals surface area contributed by atoms with Crippen molar-refractivity contribution in [3.8, 4) is 5.75 Å². The number of hydrogen-bond acceptors (Lipinski definition) is 5. The number of carbonyl (C=O) groups is 1. The van der Waals surface area contributed by atoms with Crippen molar-refractivity contribution in [2.75, 3.05) is 20.3 Å². The van der Waals surface area contributed by atoms with Gasteiger partial charge in [-0.1, -0.05) is 56.5 Å². The molecule has 216 valence electrons. The molecule has 0 aliphatic carbocycles. The van der Waals surface area contributed by atoms with Crippen LogP contribution in [-0.4, -0.2) is 39.5 Å². The van der Waals surface area contributed by atoms with E-state index in [0.717, 1.165) is 31.0 Å². The predicted molar refractivity (Wildman–Crippen MR) is 147 cm³/mol. The van der Waals surface area contributed by atoms with Crippen molar-refractivity contribution in [3.63, 3.8) is 0 Å². The highest BCUT2D eigenvalue weighted by atomic mass is 32.2. The Morgan fingerprint density at radius 1 is 0.900 bits per heavy atom. The van der Waals surface area contributed by atoms with Crippen LogP contribution in [-0.2, 0) is 34.0 Å². The van der Waals surface area contributed by atoms with Crippen molar-refractivity contribution in [3.05, 3.63) is 95.1 Å². The summed E-state index contributed by atoms with van der Waals surface area (Å²) in [6, 6.07) is 17.0. The first-order valence-corrected chi connectivity index (χ1v) is 14.5. The maximum absolute atomic E-state index is 13.3. The Morgan fingerprint density at radius 3 is 2.20 bits per heavy atom. The summed E-state index contributed by atoms with van der Waals surface area (Å²) in [5, 5.41) is 0. The van der Waals surface area contributed by atoms with Crippen LogP contribution in [0.25, 0.3) is 0 Å². The number of ether oxygens (including phenoxy) is 1. The van der Waals surface area contributed by atoms with Crippen LogP contribution in [0.5, 0.6) is 5.75 Å². The molecule has 0 aliphatic rings. The van der Waals surface area contributed by atoms with Crippen LogP contribution in [0.4, 0.5) is 13.2 Å². The van der Waals surface area contributed by atoms with Gasteiger partial charge < -0.3 is 13.8 Å². The Balaban J connectivity index is 1.68. The molecule has 0 saturated carbocycles. The average Bonchev–Trinajstić information content (AvgIpc) is 2.94. The Hall–Kier alpha value is -3.37. The number of benzene rings is 3. The minimum absolute atomic E-state index is 0.0644. The number of carbonyl (C=O) groups excluding carboxylic acids is 1. The summed E-state index contributed by atoms with van der Waals surface area (Å²) < 4.78 is 74.3. The summed E-state index contributed by atoms with van der Waals surface area (Å²) in [6.07, 6.45) is 0.976. The zero-order chi connectivity index (χ0) is 29.2. The van der Waals surface area contributed by atoms with Gasteiger partial charge in [0, 0.05) is 25.8 Å². The van der Waals surface area contributed by atoms with Gasteiger partial charge in [0.1, 0.15) is 10.6 Å². The van der Waals surface area contributed by atoms with Crippen molar-refractivity contribution in [1.29, 1.82) is 0 Å². The number of nitrogens with zero attached hydrogens (tertiary/aromatic N) is 1. The molecule has 0 radical (unpaired) electrons. The van der Waals surface area contributed by atoms with Crippen molar-refractivity contribution in [1.82, 2.24) is 4.90 Å². The zero-order valence-corrected chi connectivity index (χ0v) is 23.4. The van der Waals surface area contributed by atoms with E-state index >= 15 is 0 Å². The first-order chi connectivity index (χ1) is 19.0. The van der Waals surface area contributed by atoms with Crippen molar-refractivity contribution in [2.45, 2.75) is 56.6 Å². The first-order valence-electron chi connectivity index (χ1n) is 13.1. The van der Waals surface area contributed by atoms with E-state index in [1.807, 2.05) is 24.3 Å². The summed E-state index contributed by atoms with van der Waals surface area (Å²) >= 11 is 0. The molecule has 10 heteroatoms. The van der Waals surface area contributed by atoms with Crippen LogP contribution >= 0.6 is 0 Å². The molecule has 0 saturated heterocycles. The highest BCUT2D eigenvalue weighted by Crippen LogP contribution is 2.31. The van der Waals surface area contributed by atoms with E-state index in [1.165, 1.54) is 37.0 Å².